The molecule has 0 aliphatic heterocycles. The van der Waals surface area contributed by atoms with Crippen LogP contribution in [0.3, 0.4) is 0 Å². The molecule has 6 nitrogen and oxygen atoms in total. The average molecular weight is 329 g/mol. The molecule has 0 rings (SSSR count). The lowest BCUT2D eigenvalue weighted by Gasteiger charge is -2.31. The average Bonchev–Trinajstić information content (AvgIpc) is 2.05. The summed E-state index contributed by atoms with van der Waals surface area (Å²) in [5.74, 6) is -0.103. The highest BCUT2D eigenvalue weighted by Gasteiger charge is 2.38. The molecule has 0 aliphatic rings. The third-order valence-electron chi connectivity index (χ3n) is 1.81. The second kappa shape index (κ2) is 6.88. The summed E-state index contributed by atoms with van der Waals surface area (Å²) in [5.41, 5.74) is -1.60. The molecular formula is C12H28NO5PS. The number of unbranched alkanes of at least 4 members (excludes halogenated alkanes) is 1. The van der Waals surface area contributed by atoms with Gasteiger partial charge in [0, 0.05) is 0 Å². The van der Waals surface area contributed by atoms with E-state index in [4.69, 9.17) is 9.05 Å². The van der Waals surface area contributed by atoms with Gasteiger partial charge in [-0.15, -0.1) is 4.49 Å². The van der Waals surface area contributed by atoms with E-state index in [1.165, 1.54) is 0 Å². The Balaban J connectivity index is 5.19. The Morgan fingerprint density at radius 2 is 1.40 bits per heavy atom. The van der Waals surface area contributed by atoms with E-state index < -0.39 is 29.0 Å². The van der Waals surface area contributed by atoms with Gasteiger partial charge in [0.15, 0.2) is 0 Å². The molecule has 0 heterocycles. The molecule has 0 aromatic carbocycles. The van der Waals surface area contributed by atoms with Crippen LogP contribution in [0.25, 0.3) is 0 Å². The van der Waals surface area contributed by atoms with Crippen molar-refractivity contribution in [3.8, 4) is 0 Å². The first kappa shape index (κ1) is 20.1. The zero-order valence-corrected chi connectivity index (χ0v) is 15.2. The van der Waals surface area contributed by atoms with Crippen LogP contribution in [0.2, 0.25) is 0 Å². The van der Waals surface area contributed by atoms with Crippen LogP contribution in [0.1, 0.15) is 61.3 Å². The van der Waals surface area contributed by atoms with Gasteiger partial charge in [-0.05, 0) is 48.0 Å². The first-order valence-electron chi connectivity index (χ1n) is 6.71. The lowest BCUT2D eigenvalue weighted by atomic mass is 10.2. The highest BCUT2D eigenvalue weighted by atomic mass is 32.2. The summed E-state index contributed by atoms with van der Waals surface area (Å²) in [4.78, 5) is 0. The molecule has 0 aromatic rings. The molecule has 0 fully saturated rings. The van der Waals surface area contributed by atoms with E-state index in [-0.39, 0.29) is 5.75 Å². The van der Waals surface area contributed by atoms with Crippen molar-refractivity contribution in [3.63, 3.8) is 0 Å². The molecular weight excluding hydrogens is 301 g/mol. The van der Waals surface area contributed by atoms with Crippen molar-refractivity contribution < 1.29 is 22.0 Å². The van der Waals surface area contributed by atoms with E-state index in [0.717, 1.165) is 6.42 Å². The number of nitrogens with one attached hydrogen (secondary N) is 1. The van der Waals surface area contributed by atoms with E-state index in [1.54, 1.807) is 41.5 Å². The molecule has 8 heteroatoms. The van der Waals surface area contributed by atoms with Gasteiger partial charge in [0.25, 0.3) is 0 Å². The lowest BCUT2D eigenvalue weighted by molar-refractivity contribution is 0.0472. The molecule has 0 saturated heterocycles. The minimum atomic E-state index is -3.96. The van der Waals surface area contributed by atoms with Crippen LogP contribution in [0.15, 0.2) is 0 Å². The van der Waals surface area contributed by atoms with Gasteiger partial charge >= 0.3 is 7.75 Å². The second-order valence-corrected chi connectivity index (χ2v) is 10.4. The van der Waals surface area contributed by atoms with E-state index in [2.05, 4.69) is 4.49 Å². The normalized spacial score (nSPS) is 14.6. The van der Waals surface area contributed by atoms with E-state index in [0.29, 0.717) is 6.42 Å². The molecule has 0 aromatic heterocycles. The Bertz CT molecular complexity index is 427. The monoisotopic (exact) mass is 329 g/mol. The van der Waals surface area contributed by atoms with Crippen molar-refractivity contribution >= 4 is 17.8 Å². The molecule has 0 amide bonds. The van der Waals surface area contributed by atoms with Gasteiger partial charge in [-0.1, -0.05) is 13.3 Å². The van der Waals surface area contributed by atoms with Crippen LogP contribution in [0.4, 0.5) is 0 Å². The van der Waals surface area contributed by atoms with Crippen LogP contribution in [-0.4, -0.2) is 25.4 Å². The van der Waals surface area contributed by atoms with Crippen molar-refractivity contribution in [3.05, 3.63) is 0 Å². The van der Waals surface area contributed by atoms with Crippen LogP contribution >= 0.6 is 7.75 Å². The molecule has 0 atom stereocenters. The van der Waals surface area contributed by atoms with Crippen LogP contribution in [0.5, 0.6) is 0 Å². The summed E-state index contributed by atoms with van der Waals surface area (Å²) >= 11 is 0. The SMILES string of the molecule is CCCCS(=O)(=O)NP(=O)(OC(C)(C)C)OC(C)(C)C. The molecule has 0 aliphatic carbocycles. The Morgan fingerprint density at radius 1 is 1.00 bits per heavy atom. The van der Waals surface area contributed by atoms with Crippen molar-refractivity contribution in [1.82, 2.24) is 4.49 Å². The molecule has 122 valence electrons. The van der Waals surface area contributed by atoms with Gasteiger partial charge in [0.2, 0.25) is 10.0 Å². The molecule has 0 unspecified atom stereocenters. The van der Waals surface area contributed by atoms with Gasteiger partial charge < -0.3 is 0 Å². The Morgan fingerprint density at radius 3 is 1.70 bits per heavy atom. The second-order valence-electron chi connectivity index (χ2n) is 6.67. The van der Waals surface area contributed by atoms with Crippen LogP contribution in [-0.2, 0) is 23.6 Å². The summed E-state index contributed by atoms with van der Waals surface area (Å²) in [5, 5.41) is 0. The van der Waals surface area contributed by atoms with Gasteiger partial charge in [-0.2, -0.15) is 0 Å². The van der Waals surface area contributed by atoms with Crippen molar-refractivity contribution in [1.29, 1.82) is 0 Å². The fraction of sp³-hybridized carbons (Fsp3) is 1.00. The highest BCUT2D eigenvalue weighted by molar-refractivity contribution is 7.94. The first-order chi connectivity index (χ1) is 8.68. The Hall–Kier alpha value is 0.0600. The zero-order valence-electron chi connectivity index (χ0n) is 13.5. The molecule has 0 bridgehead atoms. The molecule has 0 spiro atoms. The lowest BCUT2D eigenvalue weighted by Crippen LogP contribution is -2.33. The summed E-state index contributed by atoms with van der Waals surface area (Å²) in [7, 11) is -7.67. The third-order valence-corrected chi connectivity index (χ3v) is 6.21. The van der Waals surface area contributed by atoms with Crippen molar-refractivity contribution in [2.24, 2.45) is 0 Å². The Kier molecular flexibility index (Phi) is 6.90. The number of rotatable bonds is 7. The minimum Gasteiger partial charge on any atom is -0.290 e. The van der Waals surface area contributed by atoms with Crippen LogP contribution in [0, 0.1) is 0 Å². The van der Waals surface area contributed by atoms with Crippen molar-refractivity contribution in [2.45, 2.75) is 72.5 Å². The number of hydrogen-bond acceptors (Lipinski definition) is 5. The van der Waals surface area contributed by atoms with E-state index in [1.807, 2.05) is 6.92 Å². The third kappa shape index (κ3) is 9.88. The number of sulfonamides is 1. The summed E-state index contributed by atoms with van der Waals surface area (Å²) in [6.45, 7) is 12.0. The smallest absolute Gasteiger partial charge is 0.290 e. The van der Waals surface area contributed by atoms with Gasteiger partial charge in [-0.3, -0.25) is 9.05 Å². The topological polar surface area (TPSA) is 81.7 Å². The van der Waals surface area contributed by atoms with Gasteiger partial charge in [0.1, 0.15) is 0 Å². The summed E-state index contributed by atoms with van der Waals surface area (Å²) in [6.07, 6.45) is 1.21. The first-order valence-corrected chi connectivity index (χ1v) is 9.91. The van der Waals surface area contributed by atoms with E-state index >= 15 is 0 Å². The summed E-state index contributed by atoms with van der Waals surface area (Å²) in [6, 6.07) is 0. The molecule has 0 saturated carbocycles. The van der Waals surface area contributed by atoms with Crippen molar-refractivity contribution in [2.75, 3.05) is 5.75 Å². The largest absolute Gasteiger partial charge is 0.419 e. The maximum atomic E-state index is 12.7. The fourth-order valence-electron chi connectivity index (χ4n) is 1.33. The van der Waals surface area contributed by atoms with Crippen LogP contribution < -0.4 is 4.49 Å². The molecule has 1 N–H and O–H groups in total. The Labute approximate surface area is 123 Å². The zero-order chi connectivity index (χ0) is 16.2. The van der Waals surface area contributed by atoms with Gasteiger partial charge in [0.05, 0.1) is 17.0 Å². The highest BCUT2D eigenvalue weighted by Crippen LogP contribution is 2.51. The minimum absolute atomic E-state index is 0.103. The van der Waals surface area contributed by atoms with Gasteiger partial charge in [-0.25, -0.2) is 13.0 Å². The maximum Gasteiger partial charge on any atom is 0.419 e. The van der Waals surface area contributed by atoms with E-state index in [9.17, 15) is 13.0 Å². The summed E-state index contributed by atoms with van der Waals surface area (Å²) < 4.78 is 49.4. The number of hydrogen-bond donors (Lipinski definition) is 1. The predicted molar refractivity (Wildman–Crippen MR) is 81.1 cm³/mol. The maximum absolute atomic E-state index is 12.7. The molecule has 0 radical (unpaired) electrons. The standard InChI is InChI=1S/C12H28NO5PS/c1-8-9-10-20(15,16)13-19(14,17-11(2,3)4)18-12(5,6)7/h8-10H2,1-7H3,(H,13,14). The predicted octanol–water partition coefficient (Wildman–Crippen LogP) is 3.44. The molecule has 20 heavy (non-hydrogen) atoms. The quantitative estimate of drug-likeness (QED) is 0.724. The fourth-order valence-corrected chi connectivity index (χ4v) is 5.50.